The van der Waals surface area contributed by atoms with Gasteiger partial charge in [-0.25, -0.2) is 4.79 Å². The van der Waals surface area contributed by atoms with Crippen LogP contribution in [-0.4, -0.2) is 53.2 Å². The number of esters is 1. The summed E-state index contributed by atoms with van der Waals surface area (Å²) in [7, 11) is 1.32. The van der Waals surface area contributed by atoms with Crippen LogP contribution in [0.3, 0.4) is 0 Å². The largest absolute Gasteiger partial charge is 0.507 e. The van der Waals surface area contributed by atoms with E-state index in [9.17, 15) is 14.7 Å². The van der Waals surface area contributed by atoms with Crippen molar-refractivity contribution in [1.82, 2.24) is 20.6 Å². The monoisotopic (exact) mass is 498 g/mol. The van der Waals surface area contributed by atoms with Gasteiger partial charge < -0.3 is 25.5 Å². The van der Waals surface area contributed by atoms with Crippen molar-refractivity contribution in [1.29, 1.82) is 0 Å². The van der Waals surface area contributed by atoms with E-state index in [1.165, 1.54) is 20.0 Å². The zero-order valence-electron chi connectivity index (χ0n) is 20.7. The first-order chi connectivity index (χ1) is 18.0. The van der Waals surface area contributed by atoms with Gasteiger partial charge in [0.15, 0.2) is 0 Å². The van der Waals surface area contributed by atoms with Gasteiger partial charge in [-0.05, 0) is 54.6 Å². The summed E-state index contributed by atoms with van der Waals surface area (Å²) in [5.74, 6) is 0.127. The Bertz CT molecular complexity index is 1380. The topological polar surface area (TPSA) is 116 Å². The van der Waals surface area contributed by atoms with Gasteiger partial charge in [0, 0.05) is 29.3 Å². The van der Waals surface area contributed by atoms with Gasteiger partial charge in [0.25, 0.3) is 0 Å². The number of aromatic nitrogens is 2. The van der Waals surface area contributed by atoms with E-state index >= 15 is 0 Å². The fourth-order valence-electron chi connectivity index (χ4n) is 4.43. The number of fused-ring (bicyclic) bond motifs is 1. The summed E-state index contributed by atoms with van der Waals surface area (Å²) in [6, 6.07) is 16.3. The van der Waals surface area contributed by atoms with E-state index in [-0.39, 0.29) is 18.1 Å². The Morgan fingerprint density at radius 2 is 1.92 bits per heavy atom. The minimum Gasteiger partial charge on any atom is -0.507 e. The molecule has 2 heterocycles. The quantitative estimate of drug-likeness (QED) is 0.247. The number of amides is 1. The zero-order chi connectivity index (χ0) is 25.8. The van der Waals surface area contributed by atoms with Crippen LogP contribution in [0, 0.1) is 5.92 Å². The number of aromatic hydroxyl groups is 1. The molecular formula is C29H30N4O4. The molecule has 1 fully saturated rings. The van der Waals surface area contributed by atoms with E-state index in [0.717, 1.165) is 34.3 Å². The number of hydrogen-bond donors (Lipinski definition) is 4. The third-order valence-corrected chi connectivity index (χ3v) is 6.68. The summed E-state index contributed by atoms with van der Waals surface area (Å²) < 4.78 is 4.85. The molecular weight excluding hydrogens is 468 g/mol. The first-order valence-corrected chi connectivity index (χ1v) is 12.4. The smallest absolute Gasteiger partial charge is 0.329 e. The summed E-state index contributed by atoms with van der Waals surface area (Å²) in [6.45, 7) is 1.19. The van der Waals surface area contributed by atoms with Crippen LogP contribution in [-0.2, 0) is 20.7 Å². The maximum atomic E-state index is 12.6. The molecule has 2 aromatic carbocycles. The highest BCUT2D eigenvalue weighted by Gasteiger charge is 2.24. The lowest BCUT2D eigenvalue weighted by Gasteiger charge is -2.17. The third kappa shape index (κ3) is 5.81. The number of nitrogens with one attached hydrogen (secondary N) is 3. The fraction of sp³-hybridized carbons (Fsp3) is 0.276. The number of ether oxygens (including phenoxy) is 1. The van der Waals surface area contributed by atoms with Gasteiger partial charge in [0.2, 0.25) is 5.91 Å². The highest BCUT2D eigenvalue weighted by Crippen LogP contribution is 2.38. The van der Waals surface area contributed by atoms with Crippen LogP contribution in [0.2, 0.25) is 0 Å². The summed E-state index contributed by atoms with van der Waals surface area (Å²) in [5.41, 5.74) is 4.73. The van der Waals surface area contributed by atoms with Crippen LogP contribution in [0.5, 0.6) is 5.75 Å². The average molecular weight is 499 g/mol. The summed E-state index contributed by atoms with van der Waals surface area (Å²) in [6.07, 6.45) is 6.04. The molecule has 0 bridgehead atoms. The minimum absolute atomic E-state index is 0.130. The molecule has 1 aliphatic rings. The van der Waals surface area contributed by atoms with Gasteiger partial charge in [-0.1, -0.05) is 36.4 Å². The number of phenolic OH excluding ortho intramolecular Hbond substituents is 1. The molecule has 1 aliphatic carbocycles. The van der Waals surface area contributed by atoms with Crippen LogP contribution >= 0.6 is 0 Å². The first-order valence-electron chi connectivity index (χ1n) is 12.4. The third-order valence-electron chi connectivity index (χ3n) is 6.68. The second-order valence-electron chi connectivity index (χ2n) is 9.47. The molecule has 1 saturated carbocycles. The highest BCUT2D eigenvalue weighted by molar-refractivity contribution is 5.89. The molecule has 0 spiro atoms. The van der Waals surface area contributed by atoms with Crippen LogP contribution in [0.25, 0.3) is 33.3 Å². The van der Waals surface area contributed by atoms with Gasteiger partial charge in [0.05, 0.1) is 30.9 Å². The molecule has 1 unspecified atom stereocenters. The van der Waals surface area contributed by atoms with Gasteiger partial charge in [-0.2, -0.15) is 0 Å². The maximum absolute atomic E-state index is 12.6. The molecule has 8 heteroatoms. The van der Waals surface area contributed by atoms with Gasteiger partial charge >= 0.3 is 5.97 Å². The molecule has 8 nitrogen and oxygen atoms in total. The number of H-pyrrole nitrogens is 1. The molecule has 2 aromatic heterocycles. The number of rotatable bonds is 10. The SMILES string of the molecule is COC(=O)C(CNCC1CC1)NC(=O)Cc1ccc(-c2cccc(-c3cc4ccncc4[nH]3)c2O)cc1. The summed E-state index contributed by atoms with van der Waals surface area (Å²) in [5, 5.41) is 18.1. The van der Waals surface area contributed by atoms with Crippen molar-refractivity contribution in [2.45, 2.75) is 25.3 Å². The summed E-state index contributed by atoms with van der Waals surface area (Å²) in [4.78, 5) is 32.2. The predicted octanol–water partition coefficient (Wildman–Crippen LogP) is 3.80. The van der Waals surface area contributed by atoms with Crippen LogP contribution in [0.4, 0.5) is 0 Å². The van der Waals surface area contributed by atoms with Crippen molar-refractivity contribution < 1.29 is 19.4 Å². The Morgan fingerprint density at radius 3 is 2.65 bits per heavy atom. The normalized spacial score (nSPS) is 13.9. The molecule has 37 heavy (non-hydrogen) atoms. The van der Waals surface area contributed by atoms with Crippen molar-refractivity contribution in [3.05, 3.63) is 72.6 Å². The maximum Gasteiger partial charge on any atom is 0.329 e. The van der Waals surface area contributed by atoms with E-state index in [4.69, 9.17) is 4.74 Å². The van der Waals surface area contributed by atoms with Crippen LogP contribution in [0.1, 0.15) is 18.4 Å². The minimum atomic E-state index is -0.726. The van der Waals surface area contributed by atoms with Crippen molar-refractivity contribution in [2.24, 2.45) is 5.92 Å². The summed E-state index contributed by atoms with van der Waals surface area (Å²) >= 11 is 0. The number of pyridine rings is 1. The number of hydrogen-bond acceptors (Lipinski definition) is 6. The second-order valence-corrected chi connectivity index (χ2v) is 9.47. The van der Waals surface area contributed by atoms with Crippen molar-refractivity contribution >= 4 is 22.8 Å². The number of benzene rings is 2. The molecule has 5 rings (SSSR count). The van der Waals surface area contributed by atoms with Crippen molar-refractivity contribution in [3.63, 3.8) is 0 Å². The standard InChI is InChI=1S/C29H30N4O4/c1-37-29(36)26(17-31-15-19-5-6-19)33-27(34)13-18-7-9-20(10-8-18)22-3-2-4-23(28(22)35)24-14-21-11-12-30-16-25(21)32-24/h2-4,7-12,14,16,19,26,31-32,35H,5-6,13,15,17H2,1H3,(H,33,34). The second kappa shape index (κ2) is 10.8. The molecule has 1 amide bonds. The lowest BCUT2D eigenvalue weighted by Crippen LogP contribution is -2.48. The van der Waals surface area contributed by atoms with E-state index in [2.05, 4.69) is 20.6 Å². The molecule has 4 aromatic rings. The Hall–Kier alpha value is -4.17. The van der Waals surface area contributed by atoms with Gasteiger partial charge in [-0.3, -0.25) is 9.78 Å². The number of nitrogens with zero attached hydrogens (tertiary/aromatic N) is 1. The van der Waals surface area contributed by atoms with Crippen molar-refractivity contribution in [3.8, 4) is 28.1 Å². The number of carbonyl (C=O) groups is 2. The molecule has 0 saturated heterocycles. The van der Waals surface area contributed by atoms with E-state index in [0.29, 0.717) is 23.6 Å². The number of aromatic amines is 1. The average Bonchev–Trinajstić information content (AvgIpc) is 3.63. The number of phenols is 1. The highest BCUT2D eigenvalue weighted by atomic mass is 16.5. The Balaban J connectivity index is 1.26. The molecule has 0 radical (unpaired) electrons. The van der Waals surface area contributed by atoms with Gasteiger partial charge in [-0.15, -0.1) is 0 Å². The van der Waals surface area contributed by atoms with E-state index in [1.54, 1.807) is 12.4 Å². The molecule has 0 aliphatic heterocycles. The van der Waals surface area contributed by atoms with Crippen LogP contribution < -0.4 is 10.6 Å². The van der Waals surface area contributed by atoms with Crippen molar-refractivity contribution in [2.75, 3.05) is 20.2 Å². The first kappa shape index (κ1) is 24.5. The number of carbonyl (C=O) groups excluding carboxylic acids is 2. The Morgan fingerprint density at radius 1 is 1.14 bits per heavy atom. The molecule has 190 valence electrons. The van der Waals surface area contributed by atoms with Crippen LogP contribution in [0.15, 0.2) is 67.0 Å². The Labute approximate surface area is 215 Å². The van der Waals surface area contributed by atoms with E-state index in [1.807, 2.05) is 54.6 Å². The fourth-order valence-corrected chi connectivity index (χ4v) is 4.43. The lowest BCUT2D eigenvalue weighted by atomic mass is 9.98. The molecule has 4 N–H and O–H groups in total. The van der Waals surface area contributed by atoms with Gasteiger partial charge in [0.1, 0.15) is 11.8 Å². The zero-order valence-corrected chi connectivity index (χ0v) is 20.7. The Kier molecular flexibility index (Phi) is 7.18. The number of methoxy groups -OCH3 is 1. The molecule has 1 atom stereocenters. The predicted molar refractivity (Wildman–Crippen MR) is 142 cm³/mol. The number of para-hydroxylation sites is 1. The van der Waals surface area contributed by atoms with E-state index < -0.39 is 12.0 Å². The lowest BCUT2D eigenvalue weighted by molar-refractivity contribution is -0.144.